The molecule has 20 heteroatoms. The Morgan fingerprint density at radius 1 is 0.290 bits per heavy atom. The molecular weight excluding hydrogens is 2500 g/mol. The summed E-state index contributed by atoms with van der Waals surface area (Å²) in [4.78, 5) is 36.0. The van der Waals surface area contributed by atoms with Gasteiger partial charge in [0, 0.05) is 232 Å². The molecule has 5 heterocycles. The van der Waals surface area contributed by atoms with E-state index in [9.17, 15) is 0 Å². The molecule has 0 amide bonds. The average Bonchev–Trinajstić information content (AvgIpc) is 1.40. The molecule has 0 fully saturated rings. The van der Waals surface area contributed by atoms with E-state index < -0.39 is 353 Å². The molecule has 131 heavy (non-hydrogen) atoms. The number of imidazole rings is 5. The summed E-state index contributed by atoms with van der Waals surface area (Å²) < 4.78 is 442. The van der Waals surface area contributed by atoms with E-state index in [1.54, 1.807) is 106 Å². The van der Waals surface area contributed by atoms with Gasteiger partial charge in [0.05, 0.1) is 86.7 Å². The van der Waals surface area contributed by atoms with E-state index in [1.807, 2.05) is 13.8 Å². The minimum Gasteiger partial charge on any atom is -0.340 e. The fraction of sp³-hybridized carbons (Fsp3) is 0.279. The zero-order chi connectivity index (χ0) is 137. The minimum atomic E-state index is -3.18. The third-order valence-electron chi connectivity index (χ3n) is 18.4. The monoisotopic (exact) mass is 2670 g/mol. The van der Waals surface area contributed by atoms with Crippen molar-refractivity contribution in [3.05, 3.63) is 383 Å². The summed E-state index contributed by atoms with van der Waals surface area (Å²) in [6.07, 6.45) is -6.10. The van der Waals surface area contributed by atoms with Gasteiger partial charge in [0.1, 0.15) is 28.4 Å². The number of aryl methyl sites for hydroxylation is 2. The van der Waals surface area contributed by atoms with Gasteiger partial charge in [-0.15, -0.1) is 118 Å². The molecule has 0 spiro atoms. The van der Waals surface area contributed by atoms with Crippen LogP contribution in [0.25, 0.3) is 110 Å². The van der Waals surface area contributed by atoms with Crippen LogP contribution in [0.3, 0.4) is 0 Å². The molecule has 0 aliphatic carbocycles. The molecule has 5 radical (unpaired) electrons. The predicted molar refractivity (Wildman–Crippen MR) is 516 cm³/mol. The summed E-state index contributed by atoms with van der Waals surface area (Å²) in [5, 5.41) is 0. The molecule has 5 aromatic heterocycles. The molecule has 0 atom stereocenters. The fourth-order valence-electron chi connectivity index (χ4n) is 12.0. The second kappa shape index (κ2) is 45.4. The van der Waals surface area contributed by atoms with Crippen LogP contribution in [-0.2, 0) is 128 Å². The average molecular weight is 2670 g/mol. The number of nitrogens with zero attached hydrogens (tertiary/aromatic N) is 15. The SMILES string of the molecule is [2H]c1[c-]c(-c2nc([2H])c([2H])n2-c2c(C([2H])([2H])[2H])c([2H])c(C(C)(C)C)c([2H])c2C([2H])([2H])[2H])c([2H])c([N+]#[C-])c1C([2H])([2H])[2H].[2H]c1[c-]c(-c2nc([2H])c([2H])n2-c2c(C([2H])([2H])[2H])c([2H])c(C(C)(C)C)c([2H])c2C([2H])([2H])[2H])c([2H])c([N+]#[C-])c1[2H].[2H]c1[c-]c(-c2nc([2H])c([2H])n2-c2c(C([2H])([2H])[2H])c([2H])c(C(C)(C)C)c([2H])c2C([2H])([2H])[2H])c([2H])c([N+]#[C-])c1[2H].[2H]c1nc(-c2[c-]ccc([N+]#[C-])c2)n(-c2c(C([2H])([2H])[2H])c([2H])c(C(C)(C)C)c([2H])c2C([2H])([2H])[2H])c1[2H].[2H]c1nc(-c2[c-]ccc([N+]#[C-])c2)n(-c2c(C)cc(C(C)(C)C)cc2C)c1[2H].[Ir].[Ir].[Ir].[Ir].[Ir]. The van der Waals surface area contributed by atoms with Crippen LogP contribution in [0.15, 0.2) is 207 Å². The summed E-state index contributed by atoms with van der Waals surface area (Å²) >= 11 is 0. The second-order valence-electron chi connectivity index (χ2n) is 33.0. The Kier molecular flexibility index (Phi) is 18.6. The van der Waals surface area contributed by atoms with Gasteiger partial charge in [-0.05, 0) is 186 Å². The summed E-state index contributed by atoms with van der Waals surface area (Å²) in [6.45, 7) is 38.5. The van der Waals surface area contributed by atoms with Crippen LogP contribution in [0.5, 0.6) is 0 Å². The van der Waals surface area contributed by atoms with E-state index in [0.717, 1.165) is 21.4 Å². The maximum absolute atomic E-state index is 8.80. The number of benzene rings is 10. The van der Waals surface area contributed by atoms with Crippen LogP contribution in [0.1, 0.15) is 266 Å². The third-order valence-corrected chi connectivity index (χ3v) is 18.4. The van der Waals surface area contributed by atoms with Gasteiger partial charge < -0.3 is 22.8 Å². The van der Waals surface area contributed by atoms with Crippen molar-refractivity contribution >= 4 is 28.4 Å². The number of hydrogen-bond donors (Lipinski definition) is 0. The topological polar surface area (TPSA) is 111 Å². The van der Waals surface area contributed by atoms with Gasteiger partial charge in [0.25, 0.3) is 0 Å². The molecule has 0 aliphatic heterocycles. The van der Waals surface area contributed by atoms with E-state index in [-0.39, 0.29) is 158 Å². The first-order valence-corrected chi connectivity index (χ1v) is 38.0. The van der Waals surface area contributed by atoms with Gasteiger partial charge in [-0.1, -0.05) is 171 Å². The molecule has 0 aliphatic rings. The van der Waals surface area contributed by atoms with Crippen molar-refractivity contribution in [3.8, 4) is 85.4 Å². The van der Waals surface area contributed by atoms with E-state index in [4.69, 9.17) is 106 Å². The Morgan fingerprint density at radius 2 is 0.542 bits per heavy atom. The number of rotatable bonds is 10. The van der Waals surface area contributed by atoms with E-state index in [0.29, 0.717) is 30.8 Å². The maximum Gasteiger partial charge on any atom is 0.111 e. The van der Waals surface area contributed by atoms with E-state index in [1.165, 1.54) is 23.8 Å². The van der Waals surface area contributed by atoms with Crippen molar-refractivity contribution in [2.24, 2.45) is 0 Å². The van der Waals surface area contributed by atoms with Crippen molar-refractivity contribution in [2.45, 2.75) is 206 Å². The van der Waals surface area contributed by atoms with Gasteiger partial charge in [0.2, 0.25) is 0 Å². The zero-order valence-electron chi connectivity index (χ0n) is 126. The molecule has 15 rings (SSSR count). The largest absolute Gasteiger partial charge is 0.340 e. The van der Waals surface area contributed by atoms with Crippen molar-refractivity contribution in [1.29, 1.82) is 0 Å². The summed E-state index contributed by atoms with van der Waals surface area (Å²) in [7, 11) is 0. The Morgan fingerprint density at radius 3 is 0.786 bits per heavy atom. The van der Waals surface area contributed by atoms with E-state index in [2.05, 4.69) is 112 Å². The van der Waals surface area contributed by atoms with Gasteiger partial charge in [0.15, 0.2) is 0 Å². The molecule has 0 bridgehead atoms. The summed E-state index contributed by atoms with van der Waals surface area (Å²) in [5.74, 6) is -1.49. The van der Waals surface area contributed by atoms with Crippen LogP contribution in [0.2, 0.25) is 0 Å². The van der Waals surface area contributed by atoms with Crippen molar-refractivity contribution in [1.82, 2.24) is 47.8 Å². The maximum atomic E-state index is 8.80. The molecule has 10 aromatic carbocycles. The van der Waals surface area contributed by atoms with Crippen molar-refractivity contribution in [3.63, 3.8) is 0 Å². The normalized spacial score (nSPS) is 17.6. The third kappa shape index (κ3) is 25.6. The van der Waals surface area contributed by atoms with Gasteiger partial charge in [-0.3, -0.25) is 49.1 Å². The van der Waals surface area contributed by atoms with Crippen LogP contribution < -0.4 is 0 Å². The first-order valence-electron chi connectivity index (χ1n) is 64.5. The summed E-state index contributed by atoms with van der Waals surface area (Å²) in [5.41, 5.74) is -12.3. The number of hydrogen-bond acceptors (Lipinski definition) is 5. The molecular formula is C111H112Ir5N15-5. The zero-order valence-corrected chi connectivity index (χ0v) is 85.0. The van der Waals surface area contributed by atoms with Crippen LogP contribution in [0, 0.1) is 139 Å². The minimum absolute atomic E-state index is 0. The molecule has 15 nitrogen and oxygen atoms in total. The molecule has 0 saturated carbocycles. The molecule has 15 aromatic rings. The molecule has 0 saturated heterocycles. The van der Waals surface area contributed by atoms with Crippen LogP contribution in [0.4, 0.5) is 28.4 Å². The van der Waals surface area contributed by atoms with Gasteiger partial charge >= 0.3 is 0 Å². The standard InChI is InChI=1S/C23H24N3.4C22H22N3.5Ir/c1-15-8-9-18(14-20(15)24-7)22-25-10-11-26(22)21-16(2)12-19(13-17(21)3)23(4,5)6;4*1-15-12-18(22(3,4)5)13-16(2)20(15)25-11-10-24-21(25)17-8-7-9-19(14-17)23-6;;;;;/h8,10-14H,1-6H3;4*7,9-14H,1-5H3;;;;;/q5*-1;;;;;/i1D3,2D3,3D3,8D,10D,11D,12D,13D,14D;2*1D3,2D3,7D,9D,10D,11D,12D,13D,14D;1D3,2D3,10D,11D,12D,13D;10D,11D;;;;;. The van der Waals surface area contributed by atoms with Gasteiger partial charge in [-0.25, -0.2) is 0 Å². The quantitative estimate of drug-likeness (QED) is 0.127. The second-order valence-corrected chi connectivity index (χ2v) is 33.0. The van der Waals surface area contributed by atoms with Crippen molar-refractivity contribution < 1.29 is 173 Å². The van der Waals surface area contributed by atoms with Crippen molar-refractivity contribution in [2.75, 3.05) is 0 Å². The first kappa shape index (κ1) is 53.6. The molecule has 0 N–H and O–H groups in total. The fourth-order valence-corrected chi connectivity index (χ4v) is 12.0. The van der Waals surface area contributed by atoms with Crippen LogP contribution in [-0.4, -0.2) is 47.8 Å². The Bertz CT molecular complexity index is 9130. The Balaban J connectivity index is 0.000000346. The van der Waals surface area contributed by atoms with E-state index >= 15 is 0 Å². The Hall–Kier alpha value is -11.1. The molecule has 0 unspecified atom stereocenters. The number of aromatic nitrogens is 10. The smallest absolute Gasteiger partial charge is 0.111 e. The van der Waals surface area contributed by atoms with Gasteiger partial charge in [-0.2, -0.15) is 30.3 Å². The predicted octanol–water partition coefficient (Wildman–Crippen LogP) is 29.3. The Labute approximate surface area is 919 Å². The molecule has 681 valence electrons. The van der Waals surface area contributed by atoms with Crippen LogP contribution >= 0.6 is 0 Å². The summed E-state index contributed by atoms with van der Waals surface area (Å²) in [6, 6.07) is 16.2. The first-order chi connectivity index (χ1) is 81.2.